The highest BCUT2D eigenvalue weighted by Crippen LogP contribution is 2.19. The van der Waals surface area contributed by atoms with E-state index in [1.807, 2.05) is 0 Å². The van der Waals surface area contributed by atoms with E-state index in [0.717, 1.165) is 0 Å². The molecule has 0 atom stereocenters. The van der Waals surface area contributed by atoms with Crippen LogP contribution in [0.2, 0.25) is 0 Å². The third-order valence-corrected chi connectivity index (χ3v) is 2.71. The van der Waals surface area contributed by atoms with Crippen LogP contribution in [0.1, 0.15) is 0 Å². The van der Waals surface area contributed by atoms with E-state index in [-0.39, 0.29) is 5.33 Å². The van der Waals surface area contributed by atoms with Gasteiger partial charge in [-0.25, -0.2) is 0 Å². The van der Waals surface area contributed by atoms with Gasteiger partial charge in [-0.1, -0.05) is 15.9 Å². The number of rotatable bonds is 3. The fourth-order valence-electron chi connectivity index (χ4n) is 1.30. The summed E-state index contributed by atoms with van der Waals surface area (Å²) in [5.74, 6) is -1.83. The van der Waals surface area contributed by atoms with Crippen molar-refractivity contribution in [2.45, 2.75) is 6.18 Å². The van der Waals surface area contributed by atoms with E-state index in [0.29, 0.717) is 38.1 Å². The van der Waals surface area contributed by atoms with E-state index in [1.54, 1.807) is 4.90 Å². The SMILES string of the molecule is O=C(/C=C(\CBr)N1CCOCC1)C(F)(F)F. The Bertz CT molecular complexity index is 285. The summed E-state index contributed by atoms with van der Waals surface area (Å²) in [6, 6.07) is 0. The minimum absolute atomic E-state index is 0.217. The predicted octanol–water partition coefficient (Wildman–Crippen LogP) is 1.73. The Morgan fingerprint density at radius 3 is 2.38 bits per heavy atom. The number of hydrogen-bond donors (Lipinski definition) is 0. The molecule has 1 rings (SSSR count). The standard InChI is InChI=1S/C9H11BrF3NO2/c10-6-7(5-8(15)9(11,12)13)14-1-3-16-4-2-14/h5H,1-4,6H2/b7-5+. The number of hydrogen-bond acceptors (Lipinski definition) is 3. The summed E-state index contributed by atoms with van der Waals surface area (Å²) in [6.07, 6.45) is -4.17. The molecule has 0 aliphatic carbocycles. The van der Waals surface area contributed by atoms with E-state index < -0.39 is 12.0 Å². The fourth-order valence-corrected chi connectivity index (χ4v) is 1.81. The average molecular weight is 302 g/mol. The van der Waals surface area contributed by atoms with Gasteiger partial charge in [-0.2, -0.15) is 13.2 Å². The van der Waals surface area contributed by atoms with Crippen molar-refractivity contribution in [3.05, 3.63) is 11.8 Å². The van der Waals surface area contributed by atoms with Crippen molar-refractivity contribution >= 4 is 21.7 Å². The first-order chi connectivity index (χ1) is 7.45. The number of ether oxygens (including phenoxy) is 1. The lowest BCUT2D eigenvalue weighted by atomic mass is 10.2. The molecule has 1 saturated heterocycles. The minimum atomic E-state index is -4.81. The van der Waals surface area contributed by atoms with Crippen LogP contribution in [0.25, 0.3) is 0 Å². The number of allylic oxidation sites excluding steroid dienone is 2. The Kier molecular flexibility index (Phi) is 4.79. The predicted molar refractivity (Wildman–Crippen MR) is 55.3 cm³/mol. The molecule has 1 aliphatic rings. The molecule has 0 bridgehead atoms. The zero-order valence-electron chi connectivity index (χ0n) is 8.39. The summed E-state index contributed by atoms with van der Waals surface area (Å²) >= 11 is 3.08. The van der Waals surface area contributed by atoms with Crippen LogP contribution in [0, 0.1) is 0 Å². The molecule has 7 heteroatoms. The van der Waals surface area contributed by atoms with Crippen LogP contribution in [-0.2, 0) is 9.53 Å². The molecule has 1 aliphatic heterocycles. The third-order valence-electron chi connectivity index (χ3n) is 2.13. The molecule has 0 radical (unpaired) electrons. The molecular weight excluding hydrogens is 291 g/mol. The van der Waals surface area contributed by atoms with E-state index in [1.165, 1.54) is 0 Å². The summed E-state index contributed by atoms with van der Waals surface area (Å²) in [7, 11) is 0. The van der Waals surface area contributed by atoms with E-state index in [2.05, 4.69) is 15.9 Å². The number of carbonyl (C=O) groups is 1. The van der Waals surface area contributed by atoms with Crippen molar-refractivity contribution in [3.63, 3.8) is 0 Å². The molecule has 0 aromatic carbocycles. The minimum Gasteiger partial charge on any atom is -0.378 e. The van der Waals surface area contributed by atoms with Gasteiger partial charge < -0.3 is 9.64 Å². The second kappa shape index (κ2) is 5.67. The Hall–Kier alpha value is -0.560. The first-order valence-corrected chi connectivity index (χ1v) is 5.77. The van der Waals surface area contributed by atoms with Crippen molar-refractivity contribution in [3.8, 4) is 0 Å². The second-order valence-corrected chi connectivity index (χ2v) is 3.79. The summed E-state index contributed by atoms with van der Waals surface area (Å²) in [5.41, 5.74) is 0.339. The molecular formula is C9H11BrF3NO2. The van der Waals surface area contributed by atoms with Crippen molar-refractivity contribution in [2.75, 3.05) is 31.6 Å². The second-order valence-electron chi connectivity index (χ2n) is 3.23. The first-order valence-electron chi connectivity index (χ1n) is 4.65. The van der Waals surface area contributed by atoms with Crippen molar-refractivity contribution in [1.29, 1.82) is 0 Å². The van der Waals surface area contributed by atoms with Crippen LogP contribution in [0.3, 0.4) is 0 Å². The van der Waals surface area contributed by atoms with Gasteiger partial charge in [0.2, 0.25) is 0 Å². The average Bonchev–Trinajstić information content (AvgIpc) is 2.25. The van der Waals surface area contributed by atoms with Gasteiger partial charge in [-0.05, 0) is 0 Å². The Morgan fingerprint density at radius 2 is 1.94 bits per heavy atom. The zero-order valence-corrected chi connectivity index (χ0v) is 9.97. The van der Waals surface area contributed by atoms with Gasteiger partial charge in [0, 0.05) is 30.2 Å². The molecule has 16 heavy (non-hydrogen) atoms. The lowest BCUT2D eigenvalue weighted by Crippen LogP contribution is -2.37. The van der Waals surface area contributed by atoms with Gasteiger partial charge in [0.15, 0.2) is 0 Å². The molecule has 0 amide bonds. The van der Waals surface area contributed by atoms with Crippen LogP contribution < -0.4 is 0 Å². The van der Waals surface area contributed by atoms with Gasteiger partial charge in [-0.15, -0.1) is 0 Å². The monoisotopic (exact) mass is 301 g/mol. The lowest BCUT2D eigenvalue weighted by molar-refractivity contribution is -0.165. The molecule has 0 N–H and O–H groups in total. The number of nitrogens with zero attached hydrogens (tertiary/aromatic N) is 1. The Morgan fingerprint density at radius 1 is 1.38 bits per heavy atom. The molecule has 1 heterocycles. The van der Waals surface area contributed by atoms with Gasteiger partial charge >= 0.3 is 6.18 Å². The number of alkyl halides is 4. The van der Waals surface area contributed by atoms with Crippen LogP contribution in [-0.4, -0.2) is 48.5 Å². The normalized spacial score (nSPS) is 18.8. The van der Waals surface area contributed by atoms with Crippen LogP contribution in [0.5, 0.6) is 0 Å². The van der Waals surface area contributed by atoms with Gasteiger partial charge in [-0.3, -0.25) is 4.79 Å². The summed E-state index contributed by atoms with van der Waals surface area (Å²) in [4.78, 5) is 12.5. The quantitative estimate of drug-likeness (QED) is 0.587. The maximum absolute atomic E-state index is 12.1. The van der Waals surface area contributed by atoms with Gasteiger partial charge in [0.25, 0.3) is 5.78 Å². The van der Waals surface area contributed by atoms with Gasteiger partial charge in [0.1, 0.15) is 0 Å². The maximum atomic E-state index is 12.1. The van der Waals surface area contributed by atoms with Crippen molar-refractivity contribution < 1.29 is 22.7 Å². The number of halogens is 4. The van der Waals surface area contributed by atoms with Crippen molar-refractivity contribution in [1.82, 2.24) is 4.90 Å². The molecule has 1 fully saturated rings. The summed E-state index contributed by atoms with van der Waals surface area (Å²) < 4.78 is 41.3. The van der Waals surface area contributed by atoms with Crippen molar-refractivity contribution in [2.24, 2.45) is 0 Å². The highest BCUT2D eigenvalue weighted by atomic mass is 79.9. The fraction of sp³-hybridized carbons (Fsp3) is 0.667. The zero-order chi connectivity index (χ0) is 12.2. The van der Waals surface area contributed by atoms with E-state index in [9.17, 15) is 18.0 Å². The molecule has 3 nitrogen and oxygen atoms in total. The molecule has 0 unspecified atom stereocenters. The molecule has 92 valence electrons. The van der Waals surface area contributed by atoms with Crippen LogP contribution in [0.4, 0.5) is 13.2 Å². The largest absolute Gasteiger partial charge is 0.454 e. The molecule has 0 spiro atoms. The highest BCUT2D eigenvalue weighted by molar-refractivity contribution is 9.09. The number of carbonyl (C=O) groups excluding carboxylic acids is 1. The molecule has 0 aromatic rings. The summed E-state index contributed by atoms with van der Waals surface area (Å²) in [5, 5.41) is 0.217. The van der Waals surface area contributed by atoms with Crippen LogP contribution >= 0.6 is 15.9 Å². The third kappa shape index (κ3) is 3.79. The number of ketones is 1. The Labute approximate surface area is 99.4 Å². The van der Waals surface area contributed by atoms with Crippen LogP contribution in [0.15, 0.2) is 11.8 Å². The molecule has 0 aromatic heterocycles. The smallest absolute Gasteiger partial charge is 0.378 e. The summed E-state index contributed by atoms with van der Waals surface area (Å²) in [6.45, 7) is 1.93. The number of morpholine rings is 1. The highest BCUT2D eigenvalue weighted by Gasteiger charge is 2.37. The lowest BCUT2D eigenvalue weighted by Gasteiger charge is -2.30. The first kappa shape index (κ1) is 13.5. The topological polar surface area (TPSA) is 29.5 Å². The van der Waals surface area contributed by atoms with E-state index >= 15 is 0 Å². The van der Waals surface area contributed by atoms with Gasteiger partial charge in [0.05, 0.1) is 13.2 Å². The molecule has 0 saturated carbocycles. The van der Waals surface area contributed by atoms with E-state index in [4.69, 9.17) is 4.74 Å². The maximum Gasteiger partial charge on any atom is 0.454 e. The Balaban J connectivity index is 2.72.